The summed E-state index contributed by atoms with van der Waals surface area (Å²) >= 11 is 1.42. The number of fused-ring (bicyclic) bond motifs is 2. The number of ketones is 1. The van der Waals surface area contributed by atoms with E-state index in [0.717, 1.165) is 53.9 Å². The number of hydrogen-bond acceptors (Lipinski definition) is 6. The van der Waals surface area contributed by atoms with Crippen LogP contribution in [0.3, 0.4) is 0 Å². The maximum absolute atomic E-state index is 13.2. The molecule has 0 unspecified atom stereocenters. The summed E-state index contributed by atoms with van der Waals surface area (Å²) in [5.74, 6) is 0.0693. The standard InChI is InChI=1S/C23H24N4O2S/c1-14(28)15-5-7-17(8-6-15)26-9-11-27(12-10-26)23(29)21-20(24)18-13-16-3-2-4-19(16)25-22(18)30-21/h5-8,13H,2-4,9-12,24H2,1H3. The lowest BCUT2D eigenvalue weighted by Gasteiger charge is -2.36. The fraction of sp³-hybridized carbons (Fsp3) is 0.348. The van der Waals surface area contributed by atoms with Gasteiger partial charge in [-0.25, -0.2) is 4.98 Å². The van der Waals surface area contributed by atoms with Crippen LogP contribution < -0.4 is 10.6 Å². The number of rotatable bonds is 3. The molecule has 1 aliphatic heterocycles. The molecule has 3 aromatic rings. The Hall–Kier alpha value is -2.93. The molecule has 154 valence electrons. The van der Waals surface area contributed by atoms with Crippen LogP contribution in [0, 0.1) is 0 Å². The fourth-order valence-electron chi connectivity index (χ4n) is 4.37. The summed E-state index contributed by atoms with van der Waals surface area (Å²) in [5, 5.41) is 0.924. The lowest BCUT2D eigenvalue weighted by molar-refractivity contribution is 0.0752. The number of thiophene rings is 1. The second-order valence-corrected chi connectivity index (χ2v) is 9.03. The van der Waals surface area contributed by atoms with Gasteiger partial charge in [0.2, 0.25) is 0 Å². The highest BCUT2D eigenvalue weighted by atomic mass is 32.1. The van der Waals surface area contributed by atoms with E-state index in [-0.39, 0.29) is 11.7 Å². The topological polar surface area (TPSA) is 79.5 Å². The SMILES string of the molecule is CC(=O)c1ccc(N2CCN(C(=O)c3sc4nc5c(cc4c3N)CCC5)CC2)cc1. The fourth-order valence-corrected chi connectivity index (χ4v) is 5.44. The molecule has 1 aromatic carbocycles. The summed E-state index contributed by atoms with van der Waals surface area (Å²) in [7, 11) is 0. The molecule has 0 radical (unpaired) electrons. The number of amides is 1. The number of benzene rings is 1. The second kappa shape index (κ2) is 7.40. The van der Waals surface area contributed by atoms with Gasteiger partial charge in [0.05, 0.1) is 5.69 Å². The van der Waals surface area contributed by atoms with Crippen molar-refractivity contribution in [2.45, 2.75) is 26.2 Å². The predicted molar refractivity (Wildman–Crippen MR) is 121 cm³/mol. The number of hydrogen-bond donors (Lipinski definition) is 1. The van der Waals surface area contributed by atoms with Gasteiger partial charge in [0, 0.05) is 48.5 Å². The number of nitrogens with zero attached hydrogens (tertiary/aromatic N) is 3. The number of aryl methyl sites for hydroxylation is 2. The third-order valence-corrected chi connectivity index (χ3v) is 7.25. The molecule has 1 fully saturated rings. The van der Waals surface area contributed by atoms with Gasteiger partial charge in [-0.1, -0.05) is 0 Å². The average molecular weight is 421 g/mol. The molecule has 3 heterocycles. The van der Waals surface area contributed by atoms with Crippen LogP contribution in [-0.2, 0) is 12.8 Å². The Balaban J connectivity index is 1.31. The number of carbonyl (C=O) groups is 2. The highest BCUT2D eigenvalue weighted by molar-refractivity contribution is 7.21. The highest BCUT2D eigenvalue weighted by Gasteiger charge is 2.27. The van der Waals surface area contributed by atoms with Crippen LogP contribution in [0.5, 0.6) is 0 Å². The first-order valence-electron chi connectivity index (χ1n) is 10.4. The molecule has 0 saturated carbocycles. The van der Waals surface area contributed by atoms with Crippen molar-refractivity contribution in [2.75, 3.05) is 36.8 Å². The first-order chi connectivity index (χ1) is 14.5. The summed E-state index contributed by atoms with van der Waals surface area (Å²) in [6, 6.07) is 9.80. The van der Waals surface area contributed by atoms with Crippen molar-refractivity contribution in [1.29, 1.82) is 0 Å². The normalized spacial score (nSPS) is 16.2. The van der Waals surface area contributed by atoms with Crippen molar-refractivity contribution in [3.05, 3.63) is 52.0 Å². The number of anilines is 2. The van der Waals surface area contributed by atoms with E-state index < -0.39 is 0 Å². The summed E-state index contributed by atoms with van der Waals surface area (Å²) < 4.78 is 0. The average Bonchev–Trinajstić information content (AvgIpc) is 3.36. The van der Waals surface area contributed by atoms with Crippen molar-refractivity contribution < 1.29 is 9.59 Å². The van der Waals surface area contributed by atoms with Crippen LogP contribution in [0.15, 0.2) is 30.3 Å². The minimum atomic E-state index is 0.00207. The first-order valence-corrected chi connectivity index (χ1v) is 11.2. The van der Waals surface area contributed by atoms with Crippen LogP contribution in [0.2, 0.25) is 0 Å². The molecule has 1 aliphatic carbocycles. The van der Waals surface area contributed by atoms with Crippen LogP contribution >= 0.6 is 11.3 Å². The molecule has 0 atom stereocenters. The Morgan fingerprint density at radius 2 is 1.80 bits per heavy atom. The van der Waals surface area contributed by atoms with Gasteiger partial charge in [-0.05, 0) is 62.1 Å². The van der Waals surface area contributed by atoms with Gasteiger partial charge in [0.15, 0.2) is 5.78 Å². The smallest absolute Gasteiger partial charge is 0.266 e. The zero-order valence-electron chi connectivity index (χ0n) is 17.0. The zero-order chi connectivity index (χ0) is 20.8. The Morgan fingerprint density at radius 1 is 1.07 bits per heavy atom. The number of nitrogen functional groups attached to an aromatic ring is 1. The number of piperazine rings is 1. The van der Waals surface area contributed by atoms with E-state index in [2.05, 4.69) is 11.0 Å². The van der Waals surface area contributed by atoms with Gasteiger partial charge in [-0.3, -0.25) is 9.59 Å². The number of pyridine rings is 1. The summed E-state index contributed by atoms with van der Waals surface area (Å²) in [6.07, 6.45) is 3.21. The van der Waals surface area contributed by atoms with E-state index in [1.54, 1.807) is 6.92 Å². The quantitative estimate of drug-likeness (QED) is 0.656. The molecule has 0 bridgehead atoms. The number of Topliss-reactive ketones (excluding diaryl/α,β-unsaturated/α-hetero) is 1. The van der Waals surface area contributed by atoms with Crippen LogP contribution in [-0.4, -0.2) is 47.8 Å². The minimum Gasteiger partial charge on any atom is -0.397 e. The van der Waals surface area contributed by atoms with Crippen molar-refractivity contribution in [2.24, 2.45) is 0 Å². The van der Waals surface area contributed by atoms with Crippen LogP contribution in [0.25, 0.3) is 10.2 Å². The summed E-state index contributed by atoms with van der Waals surface area (Å²) in [4.78, 5) is 35.0. The lowest BCUT2D eigenvalue weighted by Crippen LogP contribution is -2.48. The summed E-state index contributed by atoms with van der Waals surface area (Å²) in [6.45, 7) is 4.36. The molecule has 2 aromatic heterocycles. The van der Waals surface area contributed by atoms with Gasteiger partial charge in [0.25, 0.3) is 5.91 Å². The lowest BCUT2D eigenvalue weighted by atomic mass is 10.1. The van der Waals surface area contributed by atoms with Crippen LogP contribution in [0.1, 0.15) is 44.6 Å². The van der Waals surface area contributed by atoms with Crippen LogP contribution in [0.4, 0.5) is 11.4 Å². The number of nitrogens with two attached hydrogens (primary N) is 1. The van der Waals surface area contributed by atoms with Gasteiger partial charge in [-0.15, -0.1) is 11.3 Å². The highest BCUT2D eigenvalue weighted by Crippen LogP contribution is 2.36. The number of carbonyl (C=O) groups excluding carboxylic acids is 2. The Morgan fingerprint density at radius 3 is 2.50 bits per heavy atom. The molecule has 2 aliphatic rings. The van der Waals surface area contributed by atoms with Gasteiger partial charge in [0.1, 0.15) is 9.71 Å². The largest absolute Gasteiger partial charge is 0.397 e. The predicted octanol–water partition coefficient (Wildman–Crippen LogP) is 3.53. The van der Waals surface area contributed by atoms with Gasteiger partial charge in [-0.2, -0.15) is 0 Å². The summed E-state index contributed by atoms with van der Waals surface area (Å²) in [5.41, 5.74) is 11.2. The molecule has 0 spiro atoms. The molecular formula is C23H24N4O2S. The van der Waals surface area contributed by atoms with Crippen molar-refractivity contribution >= 4 is 44.6 Å². The van der Waals surface area contributed by atoms with E-state index in [9.17, 15) is 9.59 Å². The third kappa shape index (κ3) is 3.23. The van der Waals surface area contributed by atoms with E-state index in [0.29, 0.717) is 29.2 Å². The molecule has 6 nitrogen and oxygen atoms in total. The molecule has 1 saturated heterocycles. The van der Waals surface area contributed by atoms with E-state index in [1.807, 2.05) is 29.2 Å². The molecule has 1 amide bonds. The molecule has 7 heteroatoms. The van der Waals surface area contributed by atoms with Crippen molar-refractivity contribution in [3.63, 3.8) is 0 Å². The van der Waals surface area contributed by atoms with Crippen molar-refractivity contribution in [3.8, 4) is 0 Å². The van der Waals surface area contributed by atoms with E-state index in [4.69, 9.17) is 10.7 Å². The van der Waals surface area contributed by atoms with Gasteiger partial charge < -0.3 is 15.5 Å². The Bertz CT molecular complexity index is 1140. The Kier molecular flexibility index (Phi) is 4.70. The number of aromatic nitrogens is 1. The Labute approximate surface area is 179 Å². The molecular weight excluding hydrogens is 396 g/mol. The maximum atomic E-state index is 13.2. The first kappa shape index (κ1) is 19.1. The maximum Gasteiger partial charge on any atom is 0.266 e. The third-order valence-electron chi connectivity index (χ3n) is 6.15. The van der Waals surface area contributed by atoms with Crippen molar-refractivity contribution in [1.82, 2.24) is 9.88 Å². The van der Waals surface area contributed by atoms with Gasteiger partial charge >= 0.3 is 0 Å². The second-order valence-electron chi connectivity index (χ2n) is 8.03. The van der Waals surface area contributed by atoms with E-state index >= 15 is 0 Å². The van der Waals surface area contributed by atoms with E-state index in [1.165, 1.54) is 16.9 Å². The molecule has 30 heavy (non-hydrogen) atoms. The monoisotopic (exact) mass is 420 g/mol. The minimum absolute atomic E-state index is 0.00207. The molecule has 2 N–H and O–H groups in total. The zero-order valence-corrected chi connectivity index (χ0v) is 17.8. The molecule has 5 rings (SSSR count).